The molecule has 1 atom stereocenters. The van der Waals surface area contributed by atoms with Gasteiger partial charge in [0, 0.05) is 31.6 Å². The number of nitrogens with zero attached hydrogens (tertiary/aromatic N) is 3. The van der Waals surface area contributed by atoms with Gasteiger partial charge in [0.25, 0.3) is 0 Å². The van der Waals surface area contributed by atoms with Gasteiger partial charge in [-0.05, 0) is 12.5 Å². The Hall–Kier alpha value is -1.24. The van der Waals surface area contributed by atoms with E-state index in [4.69, 9.17) is 10.5 Å². The van der Waals surface area contributed by atoms with Crippen LogP contribution in [0.15, 0.2) is 12.4 Å². The molecule has 0 saturated heterocycles. The van der Waals surface area contributed by atoms with Gasteiger partial charge in [0.15, 0.2) is 0 Å². The molecule has 0 aliphatic carbocycles. The summed E-state index contributed by atoms with van der Waals surface area (Å²) in [5.74, 6) is 0.938. The Balaban J connectivity index is 2.25. The van der Waals surface area contributed by atoms with E-state index in [2.05, 4.69) is 27.9 Å². The molecular weight excluding hydrogens is 260 g/mol. The minimum absolute atomic E-state index is 0.0238. The predicted molar refractivity (Wildman–Crippen MR) is 79.9 cm³/mol. The predicted octanol–water partition coefficient (Wildman–Crippen LogP) is 1.66. The zero-order chi connectivity index (χ0) is 13.8. The Morgan fingerprint density at radius 1 is 1.47 bits per heavy atom. The highest BCUT2D eigenvalue weighted by molar-refractivity contribution is 7.18. The van der Waals surface area contributed by atoms with Crippen LogP contribution in [0.5, 0.6) is 0 Å². The number of aryl methyl sites for hydroxylation is 1. The number of rotatable bonds is 6. The minimum atomic E-state index is -0.0238. The number of hydrogen-bond acceptors (Lipinski definition) is 6. The first kappa shape index (κ1) is 14.2. The maximum Gasteiger partial charge on any atom is 0.140 e. The zero-order valence-corrected chi connectivity index (χ0v) is 12.4. The van der Waals surface area contributed by atoms with Gasteiger partial charge in [0.2, 0.25) is 0 Å². The molecule has 0 aliphatic rings. The van der Waals surface area contributed by atoms with Crippen molar-refractivity contribution in [3.8, 4) is 0 Å². The molecule has 104 valence electrons. The number of nitrogens with two attached hydrogens (primary N) is 1. The summed E-state index contributed by atoms with van der Waals surface area (Å²) in [6.45, 7) is 3.40. The molecule has 6 heteroatoms. The first-order chi connectivity index (χ1) is 9.15. The lowest BCUT2D eigenvalue weighted by atomic mass is 10.2. The smallest absolute Gasteiger partial charge is 0.140 e. The van der Waals surface area contributed by atoms with Crippen molar-refractivity contribution in [2.45, 2.75) is 19.4 Å². The molecule has 2 heterocycles. The number of methoxy groups -OCH3 is 1. The van der Waals surface area contributed by atoms with Crippen LogP contribution in [0, 0.1) is 0 Å². The zero-order valence-electron chi connectivity index (χ0n) is 11.6. The summed E-state index contributed by atoms with van der Waals surface area (Å²) in [5, 5.41) is 1.11. The Labute approximate surface area is 117 Å². The van der Waals surface area contributed by atoms with Crippen LogP contribution in [0.4, 0.5) is 5.82 Å². The quantitative estimate of drug-likeness (QED) is 0.872. The highest BCUT2D eigenvalue weighted by Crippen LogP contribution is 2.29. The summed E-state index contributed by atoms with van der Waals surface area (Å²) in [4.78, 5) is 13.2. The molecule has 0 saturated carbocycles. The van der Waals surface area contributed by atoms with Crippen molar-refractivity contribution in [3.05, 3.63) is 17.3 Å². The minimum Gasteiger partial charge on any atom is -0.383 e. The summed E-state index contributed by atoms with van der Waals surface area (Å²) >= 11 is 1.72. The number of anilines is 1. The lowest BCUT2D eigenvalue weighted by Gasteiger charge is -2.22. The monoisotopic (exact) mass is 280 g/mol. The topological polar surface area (TPSA) is 64.3 Å². The lowest BCUT2D eigenvalue weighted by molar-refractivity contribution is 0.181. The van der Waals surface area contributed by atoms with E-state index < -0.39 is 0 Å². The normalized spacial score (nSPS) is 12.8. The van der Waals surface area contributed by atoms with Crippen molar-refractivity contribution in [1.29, 1.82) is 0 Å². The number of fused-ring (bicyclic) bond motifs is 1. The van der Waals surface area contributed by atoms with Gasteiger partial charge in [-0.15, -0.1) is 11.3 Å². The van der Waals surface area contributed by atoms with Crippen molar-refractivity contribution in [3.63, 3.8) is 0 Å². The Bertz CT molecular complexity index is 542. The molecule has 2 aromatic rings. The summed E-state index contributed by atoms with van der Waals surface area (Å²) in [7, 11) is 3.66. The molecule has 0 amide bonds. The summed E-state index contributed by atoms with van der Waals surface area (Å²) in [6.07, 6.45) is 2.64. The molecule has 0 fully saturated rings. The third kappa shape index (κ3) is 3.20. The van der Waals surface area contributed by atoms with Crippen LogP contribution in [0.25, 0.3) is 10.2 Å². The van der Waals surface area contributed by atoms with E-state index in [1.54, 1.807) is 24.8 Å². The maximum absolute atomic E-state index is 5.99. The van der Waals surface area contributed by atoms with Crippen molar-refractivity contribution in [2.75, 3.05) is 32.2 Å². The van der Waals surface area contributed by atoms with E-state index in [-0.39, 0.29) is 6.04 Å². The third-order valence-corrected chi connectivity index (χ3v) is 4.15. The van der Waals surface area contributed by atoms with E-state index in [1.165, 1.54) is 4.88 Å². The SMILES string of the molecule is CCc1cc2c(N(C)CC(N)COC)ncnc2s1. The van der Waals surface area contributed by atoms with Gasteiger partial charge in [-0.3, -0.25) is 0 Å². The highest BCUT2D eigenvalue weighted by Gasteiger charge is 2.14. The number of hydrogen-bond donors (Lipinski definition) is 1. The second-order valence-corrected chi connectivity index (χ2v) is 5.69. The molecular formula is C13H20N4OS. The highest BCUT2D eigenvalue weighted by atomic mass is 32.1. The molecule has 1 unspecified atom stereocenters. The molecule has 0 bridgehead atoms. The molecule has 2 aromatic heterocycles. The van der Waals surface area contributed by atoms with Gasteiger partial charge in [0.05, 0.1) is 12.0 Å². The molecule has 2 N–H and O–H groups in total. The average molecular weight is 280 g/mol. The van der Waals surface area contributed by atoms with E-state index in [9.17, 15) is 0 Å². The summed E-state index contributed by atoms with van der Waals surface area (Å²) < 4.78 is 5.07. The van der Waals surface area contributed by atoms with Gasteiger partial charge < -0.3 is 15.4 Å². The number of ether oxygens (including phenoxy) is 1. The third-order valence-electron chi connectivity index (χ3n) is 2.96. The van der Waals surface area contributed by atoms with Crippen molar-refractivity contribution in [1.82, 2.24) is 9.97 Å². The Morgan fingerprint density at radius 2 is 2.26 bits per heavy atom. The van der Waals surface area contributed by atoms with Crippen molar-refractivity contribution < 1.29 is 4.74 Å². The molecule has 0 aromatic carbocycles. The summed E-state index contributed by atoms with van der Waals surface area (Å²) in [5.41, 5.74) is 5.99. The number of aromatic nitrogens is 2. The number of likely N-dealkylation sites (N-methyl/N-ethyl adjacent to an activating group) is 1. The van der Waals surface area contributed by atoms with Crippen LogP contribution < -0.4 is 10.6 Å². The van der Waals surface area contributed by atoms with E-state index in [0.29, 0.717) is 13.2 Å². The molecule has 5 nitrogen and oxygen atoms in total. The fourth-order valence-electron chi connectivity index (χ4n) is 2.08. The largest absolute Gasteiger partial charge is 0.383 e. The van der Waals surface area contributed by atoms with E-state index in [0.717, 1.165) is 22.5 Å². The van der Waals surface area contributed by atoms with E-state index >= 15 is 0 Å². The van der Waals surface area contributed by atoms with Crippen LogP contribution in [0.3, 0.4) is 0 Å². The van der Waals surface area contributed by atoms with Gasteiger partial charge >= 0.3 is 0 Å². The van der Waals surface area contributed by atoms with Crippen LogP contribution in [0.2, 0.25) is 0 Å². The van der Waals surface area contributed by atoms with E-state index in [1.807, 2.05) is 7.05 Å². The van der Waals surface area contributed by atoms with Crippen molar-refractivity contribution >= 4 is 27.4 Å². The van der Waals surface area contributed by atoms with Gasteiger partial charge in [0.1, 0.15) is 17.0 Å². The Morgan fingerprint density at radius 3 is 2.95 bits per heavy atom. The average Bonchev–Trinajstić information content (AvgIpc) is 2.81. The lowest BCUT2D eigenvalue weighted by Crippen LogP contribution is -2.38. The van der Waals surface area contributed by atoms with Gasteiger partial charge in [-0.2, -0.15) is 0 Å². The standard InChI is InChI=1S/C13H20N4OS/c1-4-10-5-11-12(15-8-16-13(11)19-10)17(2)6-9(14)7-18-3/h5,8-9H,4,6-7,14H2,1-3H3. The second-order valence-electron chi connectivity index (χ2n) is 4.58. The van der Waals surface area contributed by atoms with Crippen molar-refractivity contribution in [2.24, 2.45) is 5.73 Å². The van der Waals surface area contributed by atoms with Gasteiger partial charge in [-0.1, -0.05) is 6.92 Å². The van der Waals surface area contributed by atoms with Crippen LogP contribution in [-0.4, -0.2) is 43.3 Å². The van der Waals surface area contributed by atoms with Gasteiger partial charge in [-0.25, -0.2) is 9.97 Å². The first-order valence-electron chi connectivity index (χ1n) is 6.34. The van der Waals surface area contributed by atoms with Crippen LogP contribution in [-0.2, 0) is 11.2 Å². The fraction of sp³-hybridized carbons (Fsp3) is 0.538. The summed E-state index contributed by atoms with van der Waals surface area (Å²) in [6, 6.07) is 2.15. The number of thiophene rings is 1. The molecule has 2 rings (SSSR count). The molecule has 19 heavy (non-hydrogen) atoms. The maximum atomic E-state index is 5.99. The first-order valence-corrected chi connectivity index (χ1v) is 7.16. The fourth-order valence-corrected chi connectivity index (χ4v) is 3.01. The molecule has 0 radical (unpaired) electrons. The molecule has 0 aliphatic heterocycles. The second kappa shape index (κ2) is 6.27. The van der Waals surface area contributed by atoms with Crippen LogP contribution in [0.1, 0.15) is 11.8 Å². The molecule has 0 spiro atoms. The Kier molecular flexibility index (Phi) is 4.68. The van der Waals surface area contributed by atoms with Crippen LogP contribution >= 0.6 is 11.3 Å².